The third-order valence-corrected chi connectivity index (χ3v) is 5.22. The summed E-state index contributed by atoms with van der Waals surface area (Å²) in [7, 11) is 2.17. The number of hydrogen-bond donors (Lipinski definition) is 2. The molecule has 5 heteroatoms. The Labute approximate surface area is 173 Å². The molecule has 1 aliphatic heterocycles. The van der Waals surface area contributed by atoms with Crippen LogP contribution in [0.3, 0.4) is 0 Å². The summed E-state index contributed by atoms with van der Waals surface area (Å²) in [5.41, 5.74) is 4.18. The third kappa shape index (κ3) is 6.58. The topological polar surface area (TPSA) is 61.8 Å². The molecule has 29 heavy (non-hydrogen) atoms. The van der Waals surface area contributed by atoms with E-state index in [0.29, 0.717) is 25.1 Å². The lowest BCUT2D eigenvalue weighted by molar-refractivity contribution is 0.0951. The second-order valence-electron chi connectivity index (χ2n) is 7.80. The van der Waals surface area contributed by atoms with Gasteiger partial charge in [-0.2, -0.15) is 0 Å². The molecular weight excluding hydrogens is 364 g/mol. The molecule has 1 amide bonds. The van der Waals surface area contributed by atoms with E-state index in [9.17, 15) is 4.79 Å². The van der Waals surface area contributed by atoms with Crippen LogP contribution < -0.4 is 10.1 Å². The second-order valence-corrected chi connectivity index (χ2v) is 7.80. The summed E-state index contributed by atoms with van der Waals surface area (Å²) >= 11 is 0. The zero-order chi connectivity index (χ0) is 20.5. The van der Waals surface area contributed by atoms with Gasteiger partial charge in [0.05, 0.1) is 6.61 Å². The Morgan fingerprint density at radius 1 is 1.14 bits per heavy atom. The SMILES string of the molecule is CN1CCCCCOc2ccc(C(=O)NCCCO)cc2Cc2cccc(c2)C1. The number of aliphatic hydroxyl groups is 1. The van der Waals surface area contributed by atoms with Crippen molar-refractivity contribution in [3.05, 3.63) is 64.7 Å². The predicted molar refractivity (Wildman–Crippen MR) is 115 cm³/mol. The molecule has 0 fully saturated rings. The van der Waals surface area contributed by atoms with Crippen LogP contribution in [0.5, 0.6) is 5.75 Å². The van der Waals surface area contributed by atoms with Gasteiger partial charge in [0.1, 0.15) is 5.75 Å². The molecule has 2 N–H and O–H groups in total. The smallest absolute Gasteiger partial charge is 0.251 e. The van der Waals surface area contributed by atoms with Gasteiger partial charge in [-0.05, 0) is 74.2 Å². The van der Waals surface area contributed by atoms with Crippen LogP contribution in [-0.4, -0.2) is 49.3 Å². The van der Waals surface area contributed by atoms with E-state index in [-0.39, 0.29) is 12.5 Å². The minimum Gasteiger partial charge on any atom is -0.493 e. The summed E-state index contributed by atoms with van der Waals surface area (Å²) in [5, 5.41) is 11.8. The monoisotopic (exact) mass is 396 g/mol. The number of carbonyl (C=O) groups is 1. The number of carbonyl (C=O) groups excluding carboxylic acids is 1. The Morgan fingerprint density at radius 2 is 2.00 bits per heavy atom. The van der Waals surface area contributed by atoms with E-state index in [4.69, 9.17) is 9.84 Å². The van der Waals surface area contributed by atoms with Crippen molar-refractivity contribution in [2.45, 2.75) is 38.6 Å². The number of hydrogen-bond acceptors (Lipinski definition) is 4. The molecule has 0 aromatic heterocycles. The Hall–Kier alpha value is -2.37. The largest absolute Gasteiger partial charge is 0.493 e. The lowest BCUT2D eigenvalue weighted by Gasteiger charge is -2.19. The van der Waals surface area contributed by atoms with Crippen LogP contribution in [0.2, 0.25) is 0 Å². The van der Waals surface area contributed by atoms with Crippen LogP contribution in [0.25, 0.3) is 0 Å². The number of rotatable bonds is 4. The van der Waals surface area contributed by atoms with Gasteiger partial charge in [0.15, 0.2) is 0 Å². The van der Waals surface area contributed by atoms with Gasteiger partial charge >= 0.3 is 0 Å². The molecule has 0 saturated carbocycles. The van der Waals surface area contributed by atoms with E-state index >= 15 is 0 Å². The molecule has 1 aliphatic rings. The van der Waals surface area contributed by atoms with Gasteiger partial charge in [-0.3, -0.25) is 4.79 Å². The summed E-state index contributed by atoms with van der Waals surface area (Å²) in [6.45, 7) is 3.28. The van der Waals surface area contributed by atoms with Crippen molar-refractivity contribution in [3.63, 3.8) is 0 Å². The lowest BCUT2D eigenvalue weighted by atomic mass is 9.99. The van der Waals surface area contributed by atoms with Crippen molar-refractivity contribution in [2.75, 3.05) is 33.4 Å². The number of fused-ring (bicyclic) bond motifs is 3. The fourth-order valence-corrected chi connectivity index (χ4v) is 3.67. The van der Waals surface area contributed by atoms with Crippen molar-refractivity contribution < 1.29 is 14.6 Å². The van der Waals surface area contributed by atoms with Crippen LogP contribution in [0, 0.1) is 0 Å². The van der Waals surface area contributed by atoms with Gasteiger partial charge in [0.25, 0.3) is 5.91 Å². The summed E-state index contributed by atoms with van der Waals surface area (Å²) < 4.78 is 6.09. The second kappa shape index (κ2) is 11.0. The van der Waals surface area contributed by atoms with Gasteiger partial charge < -0.3 is 20.1 Å². The highest BCUT2D eigenvalue weighted by molar-refractivity contribution is 5.94. The van der Waals surface area contributed by atoms with Gasteiger partial charge in [-0.15, -0.1) is 0 Å². The molecule has 0 spiro atoms. The highest BCUT2D eigenvalue weighted by Gasteiger charge is 2.12. The molecule has 3 rings (SSSR count). The minimum absolute atomic E-state index is 0.0733. The first-order chi connectivity index (χ1) is 14.2. The van der Waals surface area contributed by atoms with Crippen LogP contribution in [0.15, 0.2) is 42.5 Å². The molecular formula is C24H32N2O3. The molecule has 1 heterocycles. The quantitative estimate of drug-likeness (QED) is 0.778. The normalized spacial score (nSPS) is 15.7. The molecule has 0 unspecified atom stereocenters. The Kier molecular flexibility index (Phi) is 8.08. The maximum Gasteiger partial charge on any atom is 0.251 e. The summed E-state index contributed by atoms with van der Waals surface area (Å²) in [4.78, 5) is 14.8. The highest BCUT2D eigenvalue weighted by atomic mass is 16.5. The van der Waals surface area contributed by atoms with Gasteiger partial charge in [-0.25, -0.2) is 0 Å². The zero-order valence-electron chi connectivity index (χ0n) is 17.3. The molecule has 2 aromatic carbocycles. The standard InChI is InChI=1S/C24H32N2O3/c1-26-12-3-2-4-14-29-23-10-9-21(24(28)25-11-6-13-27)17-22(23)16-19-7-5-8-20(15-19)18-26/h5,7-10,15,17,27H,2-4,6,11-14,16,18H2,1H3,(H,25,28). The van der Waals surface area contributed by atoms with Crippen LogP contribution in [0.4, 0.5) is 0 Å². The van der Waals surface area contributed by atoms with Crippen molar-refractivity contribution in [2.24, 2.45) is 0 Å². The molecule has 0 atom stereocenters. The first-order valence-electron chi connectivity index (χ1n) is 10.6. The van der Waals surface area contributed by atoms with E-state index in [1.54, 1.807) is 0 Å². The fraction of sp³-hybridized carbons (Fsp3) is 0.458. The Morgan fingerprint density at radius 3 is 2.86 bits per heavy atom. The molecule has 2 bridgehead atoms. The lowest BCUT2D eigenvalue weighted by Crippen LogP contribution is -2.25. The third-order valence-electron chi connectivity index (χ3n) is 5.22. The number of amides is 1. The summed E-state index contributed by atoms with van der Waals surface area (Å²) in [6, 6.07) is 14.3. The Balaban J connectivity index is 1.85. The highest BCUT2D eigenvalue weighted by Crippen LogP contribution is 2.25. The first-order valence-corrected chi connectivity index (χ1v) is 10.6. The van der Waals surface area contributed by atoms with Crippen molar-refractivity contribution >= 4 is 5.91 Å². The Bertz CT molecular complexity index is 806. The predicted octanol–water partition coefficient (Wildman–Crippen LogP) is 3.38. The number of aliphatic hydroxyl groups excluding tert-OH is 1. The fourth-order valence-electron chi connectivity index (χ4n) is 3.67. The van der Waals surface area contributed by atoms with Gasteiger partial charge in [0, 0.05) is 31.7 Å². The average Bonchev–Trinajstić information content (AvgIpc) is 2.71. The first kappa shape index (κ1) is 21.3. The van der Waals surface area contributed by atoms with E-state index in [1.807, 2.05) is 18.2 Å². The van der Waals surface area contributed by atoms with Crippen LogP contribution >= 0.6 is 0 Å². The van der Waals surface area contributed by atoms with Crippen molar-refractivity contribution in [3.8, 4) is 5.75 Å². The van der Waals surface area contributed by atoms with Gasteiger partial charge in [-0.1, -0.05) is 24.3 Å². The number of ether oxygens (including phenoxy) is 1. The molecule has 0 saturated heterocycles. The van der Waals surface area contributed by atoms with Crippen molar-refractivity contribution in [1.29, 1.82) is 0 Å². The van der Waals surface area contributed by atoms with Crippen LogP contribution in [0.1, 0.15) is 52.7 Å². The molecule has 0 aliphatic carbocycles. The maximum absolute atomic E-state index is 12.4. The van der Waals surface area contributed by atoms with E-state index in [1.165, 1.54) is 17.5 Å². The number of nitrogens with zero attached hydrogens (tertiary/aromatic N) is 1. The molecule has 2 aromatic rings. The zero-order valence-corrected chi connectivity index (χ0v) is 17.3. The number of benzene rings is 2. The number of nitrogens with one attached hydrogen (secondary N) is 1. The van der Waals surface area contributed by atoms with Crippen molar-refractivity contribution in [1.82, 2.24) is 10.2 Å². The molecule has 156 valence electrons. The summed E-state index contributed by atoms with van der Waals surface area (Å²) in [5.74, 6) is 0.743. The molecule has 5 nitrogen and oxygen atoms in total. The van der Waals surface area contributed by atoms with Gasteiger partial charge in [0.2, 0.25) is 0 Å². The summed E-state index contributed by atoms with van der Waals surface area (Å²) in [6.07, 6.45) is 4.62. The maximum atomic E-state index is 12.4. The van der Waals surface area contributed by atoms with Crippen LogP contribution in [-0.2, 0) is 13.0 Å². The van der Waals surface area contributed by atoms with E-state index in [2.05, 4.69) is 41.5 Å². The minimum atomic E-state index is -0.115. The molecule has 0 radical (unpaired) electrons. The average molecular weight is 397 g/mol. The van der Waals surface area contributed by atoms with E-state index in [0.717, 1.165) is 43.7 Å². The van der Waals surface area contributed by atoms with E-state index < -0.39 is 0 Å².